The number of nitrogens with one attached hydrogen (secondary N) is 2. The van der Waals surface area contributed by atoms with E-state index in [-0.39, 0.29) is 22.2 Å². The molecule has 0 bridgehead atoms. The van der Waals surface area contributed by atoms with Crippen LogP contribution in [0.5, 0.6) is 0 Å². The molecule has 1 aromatic carbocycles. The van der Waals surface area contributed by atoms with E-state index in [0.29, 0.717) is 27.9 Å². The number of sulfonamides is 1. The summed E-state index contributed by atoms with van der Waals surface area (Å²) in [6.45, 7) is 1.68. The van der Waals surface area contributed by atoms with E-state index in [4.69, 9.17) is 5.41 Å². The number of aromatic nitrogens is 5. The fourth-order valence-corrected chi connectivity index (χ4v) is 4.85. The number of imidazole rings is 1. The summed E-state index contributed by atoms with van der Waals surface area (Å²) < 4.78 is 46.5. The monoisotopic (exact) mass is 489 g/mol. The summed E-state index contributed by atoms with van der Waals surface area (Å²) in [6.07, 6.45) is 8.79. The van der Waals surface area contributed by atoms with Crippen molar-refractivity contribution in [3.63, 3.8) is 0 Å². The zero-order chi connectivity index (χ0) is 24.7. The third-order valence-corrected chi connectivity index (χ3v) is 6.93. The van der Waals surface area contributed by atoms with Crippen LogP contribution in [0.15, 0.2) is 72.4 Å². The number of rotatable bonds is 6. The van der Waals surface area contributed by atoms with Gasteiger partial charge in [-0.3, -0.25) is 18.8 Å². The summed E-state index contributed by atoms with van der Waals surface area (Å²) in [5.41, 5.74) is 3.87. The highest BCUT2D eigenvalue weighted by molar-refractivity contribution is 7.92. The average Bonchev–Trinajstić information content (AvgIpc) is 3.47. The Hall–Kier alpha value is -4.38. The number of pyridine rings is 2. The van der Waals surface area contributed by atoms with Crippen molar-refractivity contribution in [1.82, 2.24) is 24.1 Å². The first-order valence-electron chi connectivity index (χ1n) is 10.5. The summed E-state index contributed by atoms with van der Waals surface area (Å²) in [4.78, 5) is 8.42. The molecule has 0 spiro atoms. The van der Waals surface area contributed by atoms with Gasteiger partial charge < -0.3 is 5.41 Å². The molecule has 0 aliphatic rings. The lowest BCUT2D eigenvalue weighted by atomic mass is 10.1. The number of aryl methyl sites for hydroxylation is 2. The second-order valence-corrected chi connectivity index (χ2v) is 9.64. The number of fused-ring (bicyclic) bond motifs is 1. The summed E-state index contributed by atoms with van der Waals surface area (Å²) in [5.74, 6) is -0.345. The number of hydrogen-bond acceptors (Lipinski definition) is 6. The van der Waals surface area contributed by atoms with Gasteiger partial charge in [0.2, 0.25) is 0 Å². The third kappa shape index (κ3) is 4.17. The number of benzene rings is 1. The van der Waals surface area contributed by atoms with Crippen LogP contribution >= 0.6 is 0 Å². The van der Waals surface area contributed by atoms with Gasteiger partial charge in [-0.15, -0.1) is 0 Å². The van der Waals surface area contributed by atoms with Gasteiger partial charge in [0.25, 0.3) is 10.0 Å². The molecule has 4 heterocycles. The number of nitrogens with zero attached hydrogens (tertiary/aromatic N) is 5. The van der Waals surface area contributed by atoms with Crippen LogP contribution in [-0.4, -0.2) is 38.8 Å². The quantitative estimate of drug-likeness (QED) is 0.349. The Kier molecular flexibility index (Phi) is 5.40. The van der Waals surface area contributed by atoms with Gasteiger partial charge in [-0.05, 0) is 47.9 Å². The second-order valence-electron chi connectivity index (χ2n) is 8.02. The molecular weight excluding hydrogens is 469 g/mol. The van der Waals surface area contributed by atoms with E-state index >= 15 is 0 Å². The van der Waals surface area contributed by atoms with Crippen LogP contribution in [0.2, 0.25) is 0 Å². The van der Waals surface area contributed by atoms with Gasteiger partial charge in [-0.2, -0.15) is 13.5 Å². The molecule has 0 aliphatic heterocycles. The molecule has 9 nitrogen and oxygen atoms in total. The SMILES string of the molecule is Cc1ccc(-c2ccc3ncc(S(=O)(=O)Nc4cc(-c5cnn(C)c5)cnc4C=N)n3c2)cc1F. The molecule has 0 saturated heterocycles. The maximum Gasteiger partial charge on any atom is 0.279 e. The van der Waals surface area contributed by atoms with E-state index in [9.17, 15) is 12.8 Å². The molecule has 5 aromatic rings. The first-order valence-corrected chi connectivity index (χ1v) is 12.0. The van der Waals surface area contributed by atoms with Crippen LogP contribution < -0.4 is 4.72 Å². The fourth-order valence-electron chi connectivity index (χ4n) is 3.70. The van der Waals surface area contributed by atoms with Crippen molar-refractivity contribution in [2.45, 2.75) is 11.9 Å². The molecule has 0 unspecified atom stereocenters. The maximum atomic E-state index is 14.1. The molecule has 0 aliphatic carbocycles. The Morgan fingerprint density at radius 1 is 0.971 bits per heavy atom. The van der Waals surface area contributed by atoms with E-state index in [0.717, 1.165) is 11.8 Å². The van der Waals surface area contributed by atoms with Crippen LogP contribution in [0.3, 0.4) is 0 Å². The number of hydrogen-bond donors (Lipinski definition) is 2. The normalized spacial score (nSPS) is 11.6. The third-order valence-electron chi connectivity index (χ3n) is 5.59. The van der Waals surface area contributed by atoms with Crippen molar-refractivity contribution in [1.29, 1.82) is 5.41 Å². The molecule has 0 saturated carbocycles. The Morgan fingerprint density at radius 3 is 2.49 bits per heavy atom. The largest absolute Gasteiger partial charge is 0.306 e. The van der Waals surface area contributed by atoms with Gasteiger partial charge in [-0.1, -0.05) is 12.1 Å². The van der Waals surface area contributed by atoms with Crippen LogP contribution in [0.4, 0.5) is 10.1 Å². The molecule has 176 valence electrons. The average molecular weight is 490 g/mol. The van der Waals surface area contributed by atoms with Crippen molar-refractivity contribution in [2.75, 3.05) is 4.72 Å². The molecule has 11 heteroatoms. The van der Waals surface area contributed by atoms with Gasteiger partial charge in [0.1, 0.15) is 17.2 Å². The van der Waals surface area contributed by atoms with Gasteiger partial charge in [0.05, 0.1) is 18.1 Å². The molecular formula is C24H20FN7O2S. The topological polar surface area (TPSA) is 118 Å². The van der Waals surface area contributed by atoms with Gasteiger partial charge in [-0.25, -0.2) is 9.37 Å². The molecule has 5 rings (SSSR count). The Balaban J connectivity index is 1.56. The van der Waals surface area contributed by atoms with E-state index < -0.39 is 10.0 Å². The lowest BCUT2D eigenvalue weighted by Crippen LogP contribution is -2.16. The van der Waals surface area contributed by atoms with Crippen molar-refractivity contribution in [2.24, 2.45) is 7.05 Å². The van der Waals surface area contributed by atoms with E-state index in [2.05, 4.69) is 19.8 Å². The molecule has 0 atom stereocenters. The highest BCUT2D eigenvalue weighted by Crippen LogP contribution is 2.27. The lowest BCUT2D eigenvalue weighted by Gasteiger charge is -2.12. The summed E-state index contributed by atoms with van der Waals surface area (Å²) in [6, 6.07) is 9.87. The number of anilines is 1. The van der Waals surface area contributed by atoms with Crippen LogP contribution in [-0.2, 0) is 17.1 Å². The van der Waals surface area contributed by atoms with Crippen molar-refractivity contribution in [3.8, 4) is 22.3 Å². The van der Waals surface area contributed by atoms with Crippen LogP contribution in [0.25, 0.3) is 27.9 Å². The Bertz CT molecular complexity index is 1710. The number of halogens is 1. The zero-order valence-corrected chi connectivity index (χ0v) is 19.6. The smallest absolute Gasteiger partial charge is 0.279 e. The van der Waals surface area contributed by atoms with Gasteiger partial charge in [0.15, 0.2) is 5.03 Å². The van der Waals surface area contributed by atoms with E-state index in [1.807, 2.05) is 0 Å². The molecule has 0 amide bonds. The maximum absolute atomic E-state index is 14.1. The minimum Gasteiger partial charge on any atom is -0.306 e. The standard InChI is InChI=1S/C24H20FN7O2S/c1-15-3-4-16(7-20(15)25)17-5-6-23-28-12-24(32(23)14-17)35(33,34)30-21-8-18(10-27-22(21)9-26)19-11-29-31(2)13-19/h3-14,26,30H,1-2H3. The van der Waals surface area contributed by atoms with Crippen LogP contribution in [0.1, 0.15) is 11.3 Å². The molecule has 35 heavy (non-hydrogen) atoms. The molecule has 0 radical (unpaired) electrons. The second kappa shape index (κ2) is 8.44. The van der Waals surface area contributed by atoms with E-state index in [1.165, 1.54) is 16.7 Å². The predicted octanol–water partition coefficient (Wildman–Crippen LogP) is 4.04. The summed E-state index contributed by atoms with van der Waals surface area (Å²) >= 11 is 0. The lowest BCUT2D eigenvalue weighted by molar-refractivity contribution is 0.596. The van der Waals surface area contributed by atoms with Gasteiger partial charge in [0, 0.05) is 43.0 Å². The minimum atomic E-state index is -4.12. The Morgan fingerprint density at radius 2 is 1.77 bits per heavy atom. The Labute approximate surface area is 200 Å². The van der Waals surface area contributed by atoms with Crippen LogP contribution in [0, 0.1) is 18.2 Å². The summed E-state index contributed by atoms with van der Waals surface area (Å²) in [5, 5.41) is 11.7. The fraction of sp³-hybridized carbons (Fsp3) is 0.0833. The predicted molar refractivity (Wildman–Crippen MR) is 130 cm³/mol. The highest BCUT2D eigenvalue weighted by atomic mass is 32.2. The summed E-state index contributed by atoms with van der Waals surface area (Å²) in [7, 11) is -2.35. The van der Waals surface area contributed by atoms with Crippen molar-refractivity contribution >= 4 is 27.6 Å². The van der Waals surface area contributed by atoms with Gasteiger partial charge >= 0.3 is 0 Å². The first kappa shape index (κ1) is 22.4. The van der Waals surface area contributed by atoms with Crippen molar-refractivity contribution < 1.29 is 12.8 Å². The minimum absolute atomic E-state index is 0.107. The van der Waals surface area contributed by atoms with Crippen molar-refractivity contribution in [3.05, 3.63) is 84.5 Å². The van der Waals surface area contributed by atoms with E-state index in [1.54, 1.807) is 73.8 Å². The molecule has 2 N–H and O–H groups in total. The molecule has 4 aromatic heterocycles. The first-order chi connectivity index (χ1) is 16.7. The zero-order valence-electron chi connectivity index (χ0n) is 18.8. The molecule has 0 fully saturated rings. The highest BCUT2D eigenvalue weighted by Gasteiger charge is 2.22.